The van der Waals surface area contributed by atoms with Crippen LogP contribution in [-0.4, -0.2) is 59.7 Å². The monoisotopic (exact) mass is 706 g/mol. The van der Waals surface area contributed by atoms with E-state index >= 15 is 0 Å². The summed E-state index contributed by atoms with van der Waals surface area (Å²) >= 11 is 3.91. The van der Waals surface area contributed by atoms with Gasteiger partial charge in [-0.25, -0.2) is 0 Å². The number of nitro groups is 1. The Balaban J connectivity index is 1.23. The van der Waals surface area contributed by atoms with Crippen molar-refractivity contribution in [3.63, 3.8) is 0 Å². The average molecular weight is 707 g/mol. The van der Waals surface area contributed by atoms with E-state index in [-0.39, 0.29) is 15.1 Å². The van der Waals surface area contributed by atoms with Gasteiger partial charge in [-0.2, -0.15) is 13.2 Å². The number of nitrogens with one attached hydrogen (secondary N) is 1. The lowest BCUT2D eigenvalue weighted by Crippen LogP contribution is -2.36. The van der Waals surface area contributed by atoms with Gasteiger partial charge in [0, 0.05) is 30.5 Å². The van der Waals surface area contributed by atoms with Crippen LogP contribution in [0.5, 0.6) is 11.5 Å². The summed E-state index contributed by atoms with van der Waals surface area (Å²) in [6.45, 7) is 2.32. The molecule has 0 unspecified atom stereocenters. The minimum atomic E-state index is -4.77. The molecule has 0 atom stereocenters. The first-order valence-electron chi connectivity index (χ1n) is 13.2. The van der Waals surface area contributed by atoms with Gasteiger partial charge in [0.15, 0.2) is 0 Å². The predicted molar refractivity (Wildman–Crippen MR) is 163 cm³/mol. The van der Waals surface area contributed by atoms with Crippen molar-refractivity contribution in [1.82, 2.24) is 4.90 Å². The first-order valence-corrected chi connectivity index (χ1v) is 14.8. The molecule has 234 valence electrons. The number of halogens is 4. The molecule has 2 heterocycles. The minimum Gasteiger partial charge on any atom is -0.449 e. The van der Waals surface area contributed by atoms with Crippen LogP contribution < -0.4 is 15.0 Å². The summed E-state index contributed by atoms with van der Waals surface area (Å²) in [5.74, 6) is -1.58. The number of nitro benzene ring substituents is 1. The first kappa shape index (κ1) is 32.0. The van der Waals surface area contributed by atoms with Gasteiger partial charge in [0.2, 0.25) is 11.7 Å². The highest BCUT2D eigenvalue weighted by molar-refractivity contribution is 9.10. The lowest BCUT2D eigenvalue weighted by molar-refractivity contribution is -0.385. The summed E-state index contributed by atoms with van der Waals surface area (Å²) < 4.78 is 50.2. The maximum Gasteiger partial charge on any atom is 0.416 e. The fourth-order valence-corrected chi connectivity index (χ4v) is 5.76. The molecule has 3 amide bonds. The molecule has 45 heavy (non-hydrogen) atoms. The molecule has 16 heteroatoms. The number of thioether (sulfide) groups is 1. The fraction of sp³-hybridized carbons (Fsp3) is 0.207. The minimum absolute atomic E-state index is 0.0535. The molecule has 3 aromatic carbocycles. The Morgan fingerprint density at radius 2 is 1.76 bits per heavy atom. The Bertz CT molecular complexity index is 1700. The molecule has 2 fully saturated rings. The van der Waals surface area contributed by atoms with Crippen LogP contribution in [0.3, 0.4) is 0 Å². The molecule has 0 spiro atoms. The van der Waals surface area contributed by atoms with Crippen molar-refractivity contribution >= 4 is 67.9 Å². The van der Waals surface area contributed by atoms with E-state index < -0.39 is 51.7 Å². The van der Waals surface area contributed by atoms with E-state index in [2.05, 4.69) is 26.1 Å². The number of hydrogen-bond donors (Lipinski definition) is 1. The quantitative estimate of drug-likeness (QED) is 0.155. The Morgan fingerprint density at radius 1 is 1.07 bits per heavy atom. The zero-order valence-electron chi connectivity index (χ0n) is 23.0. The van der Waals surface area contributed by atoms with Crippen LogP contribution >= 0.6 is 27.7 Å². The number of hydrogen-bond acceptors (Lipinski definition) is 9. The maximum absolute atomic E-state index is 13.0. The largest absolute Gasteiger partial charge is 0.449 e. The van der Waals surface area contributed by atoms with Gasteiger partial charge in [-0.3, -0.25) is 29.4 Å². The van der Waals surface area contributed by atoms with Crippen LogP contribution in [0.15, 0.2) is 70.0 Å². The van der Waals surface area contributed by atoms with Crippen molar-refractivity contribution in [3.8, 4) is 11.5 Å². The molecule has 0 radical (unpaired) electrons. The standard InChI is InChI=1S/C29H22BrF3N4O7S/c30-21-13-17(1-7-23(21)44-24-8-2-18(29(31,32)33)15-22(24)37(41)42)14-25-27(39)36(28(40)45-25)16-26(38)34-19-3-5-20(6-4-19)35-9-11-43-12-10-35/h1-8,13-15H,9-12,16H2,(H,34,38)/b25-14+. The molecule has 0 saturated carbocycles. The van der Waals surface area contributed by atoms with Gasteiger partial charge in [-0.1, -0.05) is 6.07 Å². The van der Waals surface area contributed by atoms with Crippen molar-refractivity contribution in [1.29, 1.82) is 0 Å². The van der Waals surface area contributed by atoms with Gasteiger partial charge in [0.05, 0.1) is 33.1 Å². The van der Waals surface area contributed by atoms with Crippen LogP contribution in [0.2, 0.25) is 0 Å². The molecular formula is C29H22BrF3N4O7S. The fourth-order valence-electron chi connectivity index (χ4n) is 4.44. The van der Waals surface area contributed by atoms with Crippen molar-refractivity contribution < 1.29 is 42.0 Å². The number of alkyl halides is 3. The number of morpholine rings is 1. The van der Waals surface area contributed by atoms with Crippen LogP contribution in [-0.2, 0) is 20.5 Å². The summed E-state index contributed by atoms with van der Waals surface area (Å²) in [4.78, 5) is 51.6. The molecule has 1 N–H and O–H groups in total. The number of ether oxygens (including phenoxy) is 2. The zero-order valence-corrected chi connectivity index (χ0v) is 25.4. The molecule has 3 aromatic rings. The molecule has 2 aliphatic heterocycles. The van der Waals surface area contributed by atoms with E-state index in [1.54, 1.807) is 12.1 Å². The molecule has 0 aliphatic carbocycles. The van der Waals surface area contributed by atoms with Gasteiger partial charge in [0.25, 0.3) is 11.1 Å². The van der Waals surface area contributed by atoms with E-state index in [4.69, 9.17) is 9.47 Å². The highest BCUT2D eigenvalue weighted by atomic mass is 79.9. The van der Waals surface area contributed by atoms with Crippen molar-refractivity contribution in [2.45, 2.75) is 6.18 Å². The van der Waals surface area contributed by atoms with Crippen molar-refractivity contribution in [3.05, 3.63) is 91.3 Å². The van der Waals surface area contributed by atoms with Crippen LogP contribution in [0.25, 0.3) is 6.08 Å². The molecular weight excluding hydrogens is 685 g/mol. The Kier molecular flexibility index (Phi) is 9.45. The molecule has 2 saturated heterocycles. The molecule has 5 rings (SSSR count). The topological polar surface area (TPSA) is 131 Å². The van der Waals surface area contributed by atoms with Crippen LogP contribution in [0.1, 0.15) is 11.1 Å². The lowest BCUT2D eigenvalue weighted by Gasteiger charge is -2.28. The normalized spacial score (nSPS) is 16.3. The number of rotatable bonds is 8. The van der Waals surface area contributed by atoms with Gasteiger partial charge in [-0.15, -0.1) is 0 Å². The summed E-state index contributed by atoms with van der Waals surface area (Å²) in [6.07, 6.45) is -3.35. The SMILES string of the molecule is O=C(CN1C(=O)S/C(=C/c2ccc(Oc3ccc(C(F)(F)F)cc3[N+](=O)[O-])c(Br)c2)C1=O)Nc1ccc(N2CCOCC2)cc1. The van der Waals surface area contributed by atoms with E-state index in [1.165, 1.54) is 24.3 Å². The van der Waals surface area contributed by atoms with Crippen LogP contribution in [0.4, 0.5) is 35.0 Å². The second-order valence-corrected chi connectivity index (χ2v) is 11.5. The van der Waals surface area contributed by atoms with E-state index in [0.717, 1.165) is 29.7 Å². The van der Waals surface area contributed by atoms with Gasteiger partial charge >= 0.3 is 11.9 Å². The van der Waals surface area contributed by atoms with Crippen LogP contribution in [0, 0.1) is 10.1 Å². The molecule has 0 aromatic heterocycles. The highest BCUT2D eigenvalue weighted by Crippen LogP contribution is 2.40. The predicted octanol–water partition coefficient (Wildman–Crippen LogP) is 6.68. The van der Waals surface area contributed by atoms with E-state index in [9.17, 15) is 37.7 Å². The summed E-state index contributed by atoms with van der Waals surface area (Å²) in [5.41, 5.74) is -0.136. The molecule has 2 aliphatic rings. The van der Waals surface area contributed by atoms with Gasteiger partial charge in [0.1, 0.15) is 12.3 Å². The summed E-state index contributed by atoms with van der Waals surface area (Å²) in [5, 5.41) is 13.4. The number of carbonyl (C=O) groups is 3. The smallest absolute Gasteiger partial charge is 0.416 e. The number of benzene rings is 3. The third kappa shape index (κ3) is 7.64. The summed E-state index contributed by atoms with van der Waals surface area (Å²) in [7, 11) is 0. The third-order valence-electron chi connectivity index (χ3n) is 6.66. The molecule has 0 bridgehead atoms. The first-order chi connectivity index (χ1) is 21.4. The number of amides is 3. The number of anilines is 2. The van der Waals surface area contributed by atoms with Gasteiger partial charge < -0.3 is 19.7 Å². The highest BCUT2D eigenvalue weighted by Gasteiger charge is 2.36. The Labute approximate surface area is 266 Å². The van der Waals surface area contributed by atoms with E-state index in [1.807, 2.05) is 12.1 Å². The van der Waals surface area contributed by atoms with Gasteiger partial charge in [-0.05, 0) is 87.9 Å². The second-order valence-electron chi connectivity index (χ2n) is 9.69. The number of carbonyl (C=O) groups excluding carboxylic acids is 3. The molecule has 11 nitrogen and oxygen atoms in total. The maximum atomic E-state index is 13.0. The lowest BCUT2D eigenvalue weighted by atomic mass is 10.1. The second kappa shape index (κ2) is 13.3. The van der Waals surface area contributed by atoms with Crippen molar-refractivity contribution in [2.24, 2.45) is 0 Å². The average Bonchev–Trinajstić information content (AvgIpc) is 3.26. The Morgan fingerprint density at radius 3 is 2.40 bits per heavy atom. The number of imide groups is 1. The Hall–Kier alpha value is -4.41. The summed E-state index contributed by atoms with van der Waals surface area (Å²) in [6, 6.07) is 13.5. The van der Waals surface area contributed by atoms with E-state index in [0.29, 0.717) is 48.4 Å². The zero-order chi connectivity index (χ0) is 32.3. The number of nitrogens with zero attached hydrogens (tertiary/aromatic N) is 3. The third-order valence-corrected chi connectivity index (χ3v) is 8.19. The van der Waals surface area contributed by atoms with Crippen molar-refractivity contribution in [2.75, 3.05) is 43.1 Å².